The van der Waals surface area contributed by atoms with Crippen molar-refractivity contribution in [2.75, 3.05) is 26.8 Å². The van der Waals surface area contributed by atoms with Crippen molar-refractivity contribution in [1.82, 2.24) is 5.32 Å². The van der Waals surface area contributed by atoms with E-state index in [0.29, 0.717) is 5.02 Å². The molecule has 0 unspecified atom stereocenters. The lowest BCUT2D eigenvalue weighted by molar-refractivity contribution is 0.286. The minimum Gasteiger partial charge on any atom is -0.495 e. The summed E-state index contributed by atoms with van der Waals surface area (Å²) in [5.41, 5.74) is 2.42. The van der Waals surface area contributed by atoms with E-state index in [1.807, 2.05) is 12.1 Å². The largest absolute Gasteiger partial charge is 0.495 e. The molecule has 0 aromatic heterocycles. The van der Waals surface area contributed by atoms with Crippen molar-refractivity contribution in [3.8, 4) is 5.75 Å². The van der Waals surface area contributed by atoms with Gasteiger partial charge in [-0.05, 0) is 56.1 Å². The molecule has 0 aliphatic rings. The predicted molar refractivity (Wildman–Crippen MR) is 71.0 cm³/mol. The number of aliphatic hydroxyl groups is 1. The molecule has 17 heavy (non-hydrogen) atoms. The van der Waals surface area contributed by atoms with Crippen molar-refractivity contribution in [3.05, 3.63) is 28.3 Å². The lowest BCUT2D eigenvalue weighted by Gasteiger charge is -2.10. The molecule has 0 amide bonds. The van der Waals surface area contributed by atoms with Crippen LogP contribution in [0.1, 0.15) is 17.5 Å². The number of nitrogens with one attached hydrogen (secondary N) is 1. The molecule has 0 bridgehead atoms. The van der Waals surface area contributed by atoms with Crippen molar-refractivity contribution < 1.29 is 9.84 Å². The molecule has 2 N–H and O–H groups in total. The topological polar surface area (TPSA) is 41.5 Å². The zero-order valence-corrected chi connectivity index (χ0v) is 11.2. The van der Waals surface area contributed by atoms with Gasteiger partial charge in [-0.25, -0.2) is 0 Å². The zero-order chi connectivity index (χ0) is 12.7. The molecular formula is C13H20ClNO2. The van der Waals surface area contributed by atoms with Crippen LogP contribution in [0.5, 0.6) is 5.75 Å². The van der Waals surface area contributed by atoms with Crippen LogP contribution in [0.25, 0.3) is 0 Å². The second kappa shape index (κ2) is 7.54. The van der Waals surface area contributed by atoms with E-state index in [2.05, 4.69) is 12.2 Å². The van der Waals surface area contributed by atoms with Gasteiger partial charge in [0.1, 0.15) is 5.75 Å². The van der Waals surface area contributed by atoms with Crippen molar-refractivity contribution in [2.24, 2.45) is 0 Å². The van der Waals surface area contributed by atoms with Crippen LogP contribution in [0.15, 0.2) is 12.1 Å². The first-order valence-electron chi connectivity index (χ1n) is 5.83. The maximum Gasteiger partial charge on any atom is 0.137 e. The fourth-order valence-corrected chi connectivity index (χ4v) is 1.94. The molecule has 3 nitrogen and oxygen atoms in total. The third kappa shape index (κ3) is 4.54. The normalized spacial score (nSPS) is 10.6. The first kappa shape index (κ1) is 14.3. The summed E-state index contributed by atoms with van der Waals surface area (Å²) in [7, 11) is 1.62. The molecule has 0 heterocycles. The summed E-state index contributed by atoms with van der Waals surface area (Å²) in [6.07, 6.45) is 1.73. The number of aryl methyl sites for hydroxylation is 1. The summed E-state index contributed by atoms with van der Waals surface area (Å²) >= 11 is 6.09. The SMILES string of the molecule is COc1cc(C)c(CCNCCCO)cc1Cl. The van der Waals surface area contributed by atoms with Crippen LogP contribution in [0, 0.1) is 6.92 Å². The fourth-order valence-electron chi connectivity index (χ4n) is 1.67. The van der Waals surface area contributed by atoms with Gasteiger partial charge in [-0.3, -0.25) is 0 Å². The molecule has 0 aliphatic carbocycles. The minimum atomic E-state index is 0.236. The van der Waals surface area contributed by atoms with Gasteiger partial charge >= 0.3 is 0 Å². The highest BCUT2D eigenvalue weighted by Gasteiger charge is 2.05. The molecule has 1 aromatic carbocycles. The van der Waals surface area contributed by atoms with Gasteiger partial charge in [-0.1, -0.05) is 11.6 Å². The average molecular weight is 258 g/mol. The summed E-state index contributed by atoms with van der Waals surface area (Å²) in [6, 6.07) is 3.93. The lowest BCUT2D eigenvalue weighted by Crippen LogP contribution is -2.19. The van der Waals surface area contributed by atoms with Gasteiger partial charge in [0.2, 0.25) is 0 Å². The quantitative estimate of drug-likeness (QED) is 0.736. The Morgan fingerprint density at radius 2 is 2.12 bits per heavy atom. The number of rotatable bonds is 7. The first-order chi connectivity index (χ1) is 8.19. The van der Waals surface area contributed by atoms with Crippen LogP contribution >= 0.6 is 11.6 Å². The van der Waals surface area contributed by atoms with Gasteiger partial charge in [0.15, 0.2) is 0 Å². The summed E-state index contributed by atoms with van der Waals surface area (Å²) in [6.45, 7) is 4.03. The van der Waals surface area contributed by atoms with Crippen LogP contribution in [-0.2, 0) is 6.42 Å². The highest BCUT2D eigenvalue weighted by Crippen LogP contribution is 2.27. The predicted octanol–water partition coefficient (Wildman–Crippen LogP) is 2.17. The Bertz CT molecular complexity index is 356. The second-order valence-electron chi connectivity index (χ2n) is 3.99. The fraction of sp³-hybridized carbons (Fsp3) is 0.538. The number of aliphatic hydroxyl groups excluding tert-OH is 1. The van der Waals surface area contributed by atoms with Gasteiger partial charge in [0, 0.05) is 6.61 Å². The Labute approximate surface area is 108 Å². The molecule has 1 rings (SSSR count). The molecule has 0 fully saturated rings. The van der Waals surface area contributed by atoms with E-state index in [0.717, 1.165) is 31.7 Å². The van der Waals surface area contributed by atoms with Crippen molar-refractivity contribution in [1.29, 1.82) is 0 Å². The molecule has 0 atom stereocenters. The van der Waals surface area contributed by atoms with Crippen molar-refractivity contribution >= 4 is 11.6 Å². The standard InChI is InChI=1S/C13H20ClNO2/c1-10-8-13(17-2)12(14)9-11(10)4-6-15-5-3-7-16/h8-9,15-16H,3-7H2,1-2H3. The number of methoxy groups -OCH3 is 1. The van der Waals surface area contributed by atoms with Gasteiger partial charge < -0.3 is 15.2 Å². The second-order valence-corrected chi connectivity index (χ2v) is 4.40. The van der Waals surface area contributed by atoms with Gasteiger partial charge in [-0.15, -0.1) is 0 Å². The minimum absolute atomic E-state index is 0.236. The Balaban J connectivity index is 2.51. The van der Waals surface area contributed by atoms with Crippen LogP contribution in [0.3, 0.4) is 0 Å². The van der Waals surface area contributed by atoms with E-state index in [1.54, 1.807) is 7.11 Å². The Morgan fingerprint density at radius 3 is 2.76 bits per heavy atom. The smallest absolute Gasteiger partial charge is 0.137 e. The highest BCUT2D eigenvalue weighted by molar-refractivity contribution is 6.32. The van der Waals surface area contributed by atoms with E-state index in [4.69, 9.17) is 21.4 Å². The van der Waals surface area contributed by atoms with E-state index >= 15 is 0 Å². The number of hydrogen-bond donors (Lipinski definition) is 2. The Morgan fingerprint density at radius 1 is 1.35 bits per heavy atom. The van der Waals surface area contributed by atoms with Gasteiger partial charge in [-0.2, -0.15) is 0 Å². The van der Waals surface area contributed by atoms with Gasteiger partial charge in [0.05, 0.1) is 12.1 Å². The Kier molecular flexibility index (Phi) is 6.34. The number of ether oxygens (including phenoxy) is 1. The summed E-state index contributed by atoms with van der Waals surface area (Å²) < 4.78 is 5.16. The lowest BCUT2D eigenvalue weighted by atomic mass is 10.1. The molecule has 0 saturated carbocycles. The van der Waals surface area contributed by atoms with E-state index in [9.17, 15) is 0 Å². The summed E-state index contributed by atoms with van der Waals surface area (Å²) in [4.78, 5) is 0. The maximum atomic E-state index is 8.65. The molecule has 0 saturated heterocycles. The van der Waals surface area contributed by atoms with E-state index < -0.39 is 0 Å². The molecule has 0 spiro atoms. The molecular weight excluding hydrogens is 238 g/mol. The first-order valence-corrected chi connectivity index (χ1v) is 6.21. The number of hydrogen-bond acceptors (Lipinski definition) is 3. The number of benzene rings is 1. The van der Waals surface area contributed by atoms with Crippen molar-refractivity contribution in [3.63, 3.8) is 0 Å². The van der Waals surface area contributed by atoms with Gasteiger partial charge in [0.25, 0.3) is 0 Å². The van der Waals surface area contributed by atoms with Crippen LogP contribution in [0.4, 0.5) is 0 Å². The van der Waals surface area contributed by atoms with Crippen molar-refractivity contribution in [2.45, 2.75) is 19.8 Å². The third-order valence-electron chi connectivity index (χ3n) is 2.69. The van der Waals surface area contributed by atoms with E-state index in [-0.39, 0.29) is 6.61 Å². The average Bonchev–Trinajstić information content (AvgIpc) is 2.32. The number of halogens is 1. The van der Waals surface area contributed by atoms with Crippen LogP contribution in [0.2, 0.25) is 5.02 Å². The highest BCUT2D eigenvalue weighted by atomic mass is 35.5. The zero-order valence-electron chi connectivity index (χ0n) is 10.4. The van der Waals surface area contributed by atoms with Crippen LogP contribution < -0.4 is 10.1 Å². The monoisotopic (exact) mass is 257 g/mol. The molecule has 4 heteroatoms. The van der Waals surface area contributed by atoms with Crippen LogP contribution in [-0.4, -0.2) is 31.9 Å². The maximum absolute atomic E-state index is 8.65. The summed E-state index contributed by atoms with van der Waals surface area (Å²) in [5, 5.41) is 12.6. The molecule has 1 aromatic rings. The molecule has 0 radical (unpaired) electrons. The third-order valence-corrected chi connectivity index (χ3v) is 2.99. The molecule has 0 aliphatic heterocycles. The summed E-state index contributed by atoms with van der Waals surface area (Å²) in [5.74, 6) is 0.723. The Hall–Kier alpha value is -0.770. The molecule has 96 valence electrons. The van der Waals surface area contributed by atoms with E-state index in [1.165, 1.54) is 11.1 Å².